The predicted molar refractivity (Wildman–Crippen MR) is 24.0 cm³/mol. The van der Waals surface area contributed by atoms with Crippen LogP contribution < -0.4 is 0 Å². The predicted octanol–water partition coefficient (Wildman–Crippen LogP) is 0.879. The molecule has 1 radical (unpaired) electrons. The summed E-state index contributed by atoms with van der Waals surface area (Å²) in [5.41, 5.74) is 0. The van der Waals surface area contributed by atoms with Crippen LogP contribution in [0.3, 0.4) is 0 Å². The monoisotopic (exact) mass is 139 g/mol. The van der Waals surface area contributed by atoms with E-state index in [1.54, 1.807) is 0 Å². The van der Waals surface area contributed by atoms with Gasteiger partial charge in [-0.05, 0) is 0 Å². The minimum absolute atomic E-state index is 0.0185. The van der Waals surface area contributed by atoms with Crippen LogP contribution in [0.25, 0.3) is 0 Å². The maximum absolute atomic E-state index is 1.50. The summed E-state index contributed by atoms with van der Waals surface area (Å²) in [4.78, 5) is 0. The minimum atomic E-state index is 0.0185. The van der Waals surface area contributed by atoms with E-state index in [0.717, 1.165) is 0 Å². The molecule has 0 aromatic carbocycles. The molecule has 0 nitrogen and oxygen atoms in total. The van der Waals surface area contributed by atoms with Crippen LogP contribution in [0.1, 0.15) is 0 Å². The van der Waals surface area contributed by atoms with Crippen LogP contribution in [0.15, 0.2) is 0 Å². The van der Waals surface area contributed by atoms with E-state index in [0.29, 0.717) is 0 Å². The van der Waals surface area contributed by atoms with Crippen LogP contribution in [0, 0.1) is 11.8 Å². The molecule has 5 aliphatic rings. The molecule has 29 valence electrons. The first-order valence-corrected chi connectivity index (χ1v) is 6.50. The van der Waals surface area contributed by atoms with Crippen molar-refractivity contribution < 1.29 is 0 Å². The molecular formula is C5H5Ge. The summed E-state index contributed by atoms with van der Waals surface area (Å²) in [6, 6.07) is 0. The zero-order valence-corrected chi connectivity index (χ0v) is 5.48. The quantitative estimate of drug-likeness (QED) is 0.435. The summed E-state index contributed by atoms with van der Waals surface area (Å²) in [7, 11) is 0. The zero-order valence-electron chi connectivity index (χ0n) is 3.39. The first-order valence-electron chi connectivity index (χ1n) is 2.87. The van der Waals surface area contributed by atoms with Crippen molar-refractivity contribution in [1.29, 1.82) is 0 Å². The maximum atomic E-state index is 1.50. The molecule has 0 bridgehead atoms. The second-order valence-electron chi connectivity index (χ2n) is 3.23. The van der Waals surface area contributed by atoms with Gasteiger partial charge in [0, 0.05) is 0 Å². The molecule has 2 aliphatic carbocycles. The summed E-state index contributed by atoms with van der Waals surface area (Å²) in [6.07, 6.45) is 0. The molecule has 1 heteroatoms. The molecule has 4 unspecified atom stereocenters. The average Bonchev–Trinajstić information content (AvgIpc) is 1.64. The zero-order chi connectivity index (χ0) is 3.46. The van der Waals surface area contributed by atoms with Gasteiger partial charge in [0.05, 0.1) is 0 Å². The van der Waals surface area contributed by atoms with Crippen LogP contribution in [0.2, 0.25) is 14.3 Å². The van der Waals surface area contributed by atoms with Gasteiger partial charge in [0.15, 0.2) is 0 Å². The third-order valence-electron chi connectivity index (χ3n) is 3.39. The van der Waals surface area contributed by atoms with Crippen LogP contribution in [-0.4, -0.2) is 14.3 Å². The Morgan fingerprint density at radius 3 is 1.67 bits per heavy atom. The first kappa shape index (κ1) is 2.21. The molecule has 0 amide bonds. The SMILES string of the molecule is C12C3[CH]1[Ge]1[CH]2[CH]31. The van der Waals surface area contributed by atoms with Gasteiger partial charge in [-0.1, -0.05) is 0 Å². The van der Waals surface area contributed by atoms with Gasteiger partial charge in [-0.3, -0.25) is 0 Å². The second-order valence-corrected chi connectivity index (χ2v) is 9.53. The topological polar surface area (TPSA) is 0 Å². The van der Waals surface area contributed by atoms with E-state index in [2.05, 4.69) is 0 Å². The summed E-state index contributed by atoms with van der Waals surface area (Å²) in [5, 5.41) is 0. The van der Waals surface area contributed by atoms with E-state index < -0.39 is 0 Å². The van der Waals surface area contributed by atoms with Gasteiger partial charge in [-0.15, -0.1) is 0 Å². The molecule has 3 aliphatic heterocycles. The molecule has 5 rings (SSSR count). The number of hydrogen-bond acceptors (Lipinski definition) is 0. The summed E-state index contributed by atoms with van der Waals surface area (Å²) >= 11 is 0.0185. The van der Waals surface area contributed by atoms with Crippen molar-refractivity contribution in [2.24, 2.45) is 11.8 Å². The Balaban J connectivity index is 2.31. The Kier molecular flexibility index (Phi) is 0.122. The fraction of sp³-hybridized carbons (Fsp3) is 1.00. The molecule has 0 spiro atoms. The first-order chi connectivity index (χ1) is 3.00. The fourth-order valence-electron chi connectivity index (χ4n) is 3.04. The normalized spacial score (nSPS) is 99.0. The second kappa shape index (κ2) is 0.333. The van der Waals surface area contributed by atoms with Crippen LogP contribution in [0.4, 0.5) is 0 Å². The van der Waals surface area contributed by atoms with Crippen LogP contribution in [0.5, 0.6) is 0 Å². The molecular weight excluding hydrogens is 133 g/mol. The third-order valence-corrected chi connectivity index (χ3v) is 12.2. The van der Waals surface area contributed by atoms with Crippen molar-refractivity contribution in [2.75, 3.05) is 0 Å². The van der Waals surface area contributed by atoms with Gasteiger partial charge in [0.25, 0.3) is 0 Å². The van der Waals surface area contributed by atoms with Crippen molar-refractivity contribution in [3.8, 4) is 0 Å². The Hall–Kier alpha value is 0.543. The molecule has 2 saturated carbocycles. The van der Waals surface area contributed by atoms with Crippen LogP contribution in [-0.2, 0) is 0 Å². The van der Waals surface area contributed by atoms with E-state index in [1.807, 2.05) is 0 Å². The third kappa shape index (κ3) is 0.0538. The summed E-state index contributed by atoms with van der Waals surface area (Å²) in [5.74, 6) is 2.81. The number of hydrogen-bond donors (Lipinski definition) is 0. The Bertz CT molecular complexity index is 79.0. The molecule has 4 atom stereocenters. The van der Waals surface area contributed by atoms with Crippen molar-refractivity contribution in [3.05, 3.63) is 0 Å². The van der Waals surface area contributed by atoms with E-state index in [1.165, 1.54) is 26.1 Å². The van der Waals surface area contributed by atoms with Crippen molar-refractivity contribution in [1.82, 2.24) is 0 Å². The summed E-state index contributed by atoms with van der Waals surface area (Å²) < 4.78 is 4.50. The van der Waals surface area contributed by atoms with Gasteiger partial charge in [0.2, 0.25) is 0 Å². The number of rotatable bonds is 0. The molecule has 0 N–H and O–H groups in total. The standard InChI is InChI=1S/C5H5Ge/c1-2-3(1)6-4(1)5(2)6/h1-5H. The van der Waals surface area contributed by atoms with Gasteiger partial charge >= 0.3 is 40.4 Å². The molecule has 5 fully saturated rings. The Morgan fingerprint density at radius 1 is 0.833 bits per heavy atom. The van der Waals surface area contributed by atoms with Crippen molar-refractivity contribution in [3.63, 3.8) is 0 Å². The van der Waals surface area contributed by atoms with E-state index in [4.69, 9.17) is 0 Å². The Morgan fingerprint density at radius 2 is 1.50 bits per heavy atom. The average molecular weight is 138 g/mol. The Labute approximate surface area is 41.0 Å². The van der Waals surface area contributed by atoms with Crippen molar-refractivity contribution >= 4 is 14.3 Å². The van der Waals surface area contributed by atoms with Gasteiger partial charge < -0.3 is 0 Å². The van der Waals surface area contributed by atoms with Crippen LogP contribution >= 0.6 is 0 Å². The van der Waals surface area contributed by atoms with Gasteiger partial charge in [-0.2, -0.15) is 0 Å². The molecule has 3 saturated heterocycles. The van der Waals surface area contributed by atoms with E-state index >= 15 is 0 Å². The molecule has 0 aromatic rings. The summed E-state index contributed by atoms with van der Waals surface area (Å²) in [6.45, 7) is 0. The van der Waals surface area contributed by atoms with E-state index in [-0.39, 0.29) is 14.3 Å². The molecule has 6 heavy (non-hydrogen) atoms. The van der Waals surface area contributed by atoms with Gasteiger partial charge in [0.1, 0.15) is 0 Å². The van der Waals surface area contributed by atoms with Gasteiger partial charge in [-0.25, -0.2) is 0 Å². The molecule has 3 heterocycles. The van der Waals surface area contributed by atoms with E-state index in [9.17, 15) is 0 Å². The van der Waals surface area contributed by atoms with Crippen molar-refractivity contribution in [2.45, 2.75) is 14.3 Å². The molecule has 0 aromatic heterocycles. The fourth-order valence-corrected chi connectivity index (χ4v) is 14.0.